The number of benzene rings is 1. The smallest absolute Gasteiger partial charge is 0.331 e. The molecule has 5 aliphatic rings. The van der Waals surface area contributed by atoms with Gasteiger partial charge in [-0.15, -0.1) is 0 Å². The van der Waals surface area contributed by atoms with Gasteiger partial charge in [0.15, 0.2) is 6.04 Å². The molecule has 1 aromatic carbocycles. The van der Waals surface area contributed by atoms with Gasteiger partial charge in [-0.2, -0.15) is 0 Å². The quantitative estimate of drug-likeness (QED) is 0.483. The number of aliphatic hydroxyl groups excluding tert-OH is 1. The van der Waals surface area contributed by atoms with Gasteiger partial charge in [-0.25, -0.2) is 9.18 Å². The first-order chi connectivity index (χ1) is 16.9. The number of esters is 1. The number of ether oxygens (including phenoxy) is 2. The Kier molecular flexibility index (Phi) is 6.59. The maximum absolute atomic E-state index is 15.3. The fourth-order valence-corrected chi connectivity index (χ4v) is 7.24. The van der Waals surface area contributed by atoms with Gasteiger partial charge in [0.2, 0.25) is 0 Å². The second-order valence-electron chi connectivity index (χ2n) is 13.1. The van der Waals surface area contributed by atoms with E-state index in [4.69, 9.17) is 9.47 Å². The van der Waals surface area contributed by atoms with Crippen LogP contribution in [0.15, 0.2) is 12.1 Å². The lowest BCUT2D eigenvalue weighted by Gasteiger charge is -2.56. The summed E-state index contributed by atoms with van der Waals surface area (Å²) in [4.78, 5) is 25.6. The van der Waals surface area contributed by atoms with Crippen LogP contribution in [0.25, 0.3) is 0 Å². The number of amides is 1. The standard InChI is InChI=1S/C29H40FNO5/c1-16(32)25(27(34)36-28(2,3)4)31-26(33)22-10-21(20-5-6-20)24(11-23(22)30)35-15-29-12-17-7-18(13-29)9-19(8-17)14-29/h10-11,16-20,25,32H,5-9,12-15H2,1-4H3,(H,31,33)/t16-,17?,18?,19?,25+,29?/m1/s1. The largest absolute Gasteiger partial charge is 0.493 e. The minimum atomic E-state index is -1.30. The zero-order chi connectivity index (χ0) is 25.8. The Labute approximate surface area is 213 Å². The number of halogens is 1. The van der Waals surface area contributed by atoms with Crippen molar-refractivity contribution in [3.05, 3.63) is 29.1 Å². The Morgan fingerprint density at radius 1 is 1.11 bits per heavy atom. The van der Waals surface area contributed by atoms with E-state index < -0.39 is 35.4 Å². The number of carbonyl (C=O) groups excluding carboxylic acids is 2. The fourth-order valence-electron chi connectivity index (χ4n) is 7.24. The first-order valence-corrected chi connectivity index (χ1v) is 13.6. The summed E-state index contributed by atoms with van der Waals surface area (Å²) in [6.07, 6.45) is 8.50. The van der Waals surface area contributed by atoms with Crippen LogP contribution in [0.5, 0.6) is 5.75 Å². The predicted molar refractivity (Wildman–Crippen MR) is 133 cm³/mol. The molecule has 0 unspecified atom stereocenters. The van der Waals surface area contributed by atoms with Gasteiger partial charge in [0, 0.05) is 11.5 Å². The van der Waals surface area contributed by atoms with Crippen molar-refractivity contribution in [1.82, 2.24) is 5.32 Å². The Hall–Kier alpha value is -2.15. The van der Waals surface area contributed by atoms with Gasteiger partial charge < -0.3 is 19.9 Å². The summed E-state index contributed by atoms with van der Waals surface area (Å²) in [5.41, 5.74) is 0.139. The normalized spacial score (nSPS) is 30.6. The molecule has 0 spiro atoms. The summed E-state index contributed by atoms with van der Waals surface area (Å²) in [5, 5.41) is 12.6. The highest BCUT2D eigenvalue weighted by atomic mass is 19.1. The molecule has 0 radical (unpaired) electrons. The number of hydrogen-bond acceptors (Lipinski definition) is 5. The van der Waals surface area contributed by atoms with Crippen molar-refractivity contribution in [3.8, 4) is 5.75 Å². The highest BCUT2D eigenvalue weighted by Crippen LogP contribution is 2.60. The van der Waals surface area contributed by atoms with E-state index in [2.05, 4.69) is 5.32 Å². The molecule has 6 nitrogen and oxygen atoms in total. The third-order valence-corrected chi connectivity index (χ3v) is 8.49. The summed E-state index contributed by atoms with van der Waals surface area (Å²) in [6.45, 7) is 7.12. The fraction of sp³-hybridized carbons (Fsp3) is 0.724. The lowest BCUT2D eigenvalue weighted by Crippen LogP contribution is -2.50. The second kappa shape index (κ2) is 9.30. The topological polar surface area (TPSA) is 84.9 Å². The van der Waals surface area contributed by atoms with Crippen LogP contribution in [0, 0.1) is 29.0 Å². The molecule has 5 aliphatic carbocycles. The van der Waals surface area contributed by atoms with Crippen molar-refractivity contribution in [2.75, 3.05) is 6.61 Å². The number of aliphatic hydroxyl groups is 1. The molecule has 198 valence electrons. The molecule has 1 aromatic rings. The van der Waals surface area contributed by atoms with E-state index in [9.17, 15) is 14.7 Å². The minimum absolute atomic E-state index is 0.145. The minimum Gasteiger partial charge on any atom is -0.493 e. The Morgan fingerprint density at radius 2 is 1.69 bits per heavy atom. The number of nitrogens with one attached hydrogen (secondary N) is 1. The Balaban J connectivity index is 1.32. The highest BCUT2D eigenvalue weighted by Gasteiger charge is 2.51. The first kappa shape index (κ1) is 25.5. The van der Waals surface area contributed by atoms with Crippen molar-refractivity contribution >= 4 is 11.9 Å². The van der Waals surface area contributed by atoms with E-state index in [-0.39, 0.29) is 16.9 Å². The van der Waals surface area contributed by atoms with E-state index in [1.54, 1.807) is 26.8 Å². The Morgan fingerprint density at radius 3 is 2.19 bits per heavy atom. The molecule has 36 heavy (non-hydrogen) atoms. The third-order valence-electron chi connectivity index (χ3n) is 8.49. The molecule has 5 fully saturated rings. The van der Waals surface area contributed by atoms with Gasteiger partial charge in [-0.1, -0.05) is 0 Å². The van der Waals surface area contributed by atoms with E-state index in [0.29, 0.717) is 12.4 Å². The molecule has 0 aromatic heterocycles. The summed E-state index contributed by atoms with van der Waals surface area (Å²) in [6, 6.07) is 1.62. The maximum Gasteiger partial charge on any atom is 0.331 e. The molecule has 4 bridgehead atoms. The number of hydrogen-bond donors (Lipinski definition) is 2. The highest BCUT2D eigenvalue weighted by molar-refractivity contribution is 5.97. The summed E-state index contributed by atoms with van der Waals surface area (Å²) in [5.74, 6) is 1.05. The maximum atomic E-state index is 15.3. The van der Waals surface area contributed by atoms with Crippen molar-refractivity contribution < 1.29 is 28.6 Å². The van der Waals surface area contributed by atoms with E-state index in [1.165, 1.54) is 51.5 Å². The molecular weight excluding hydrogens is 461 g/mol. The van der Waals surface area contributed by atoms with Crippen molar-refractivity contribution in [3.63, 3.8) is 0 Å². The first-order valence-electron chi connectivity index (χ1n) is 13.6. The molecular formula is C29H40FNO5. The van der Waals surface area contributed by atoms with E-state index >= 15 is 4.39 Å². The van der Waals surface area contributed by atoms with Gasteiger partial charge in [0.1, 0.15) is 17.2 Å². The van der Waals surface area contributed by atoms with Crippen LogP contribution >= 0.6 is 0 Å². The van der Waals surface area contributed by atoms with Gasteiger partial charge in [0.05, 0.1) is 18.3 Å². The molecule has 2 N–H and O–H groups in total. The lowest BCUT2D eigenvalue weighted by atomic mass is 9.50. The molecule has 1 amide bonds. The average molecular weight is 502 g/mol. The van der Waals surface area contributed by atoms with Crippen LogP contribution in [-0.2, 0) is 9.53 Å². The van der Waals surface area contributed by atoms with Crippen LogP contribution in [0.3, 0.4) is 0 Å². The van der Waals surface area contributed by atoms with Gasteiger partial charge in [0.25, 0.3) is 5.91 Å². The van der Waals surface area contributed by atoms with Gasteiger partial charge in [-0.05, 0) is 114 Å². The lowest BCUT2D eigenvalue weighted by molar-refractivity contribution is -0.159. The van der Waals surface area contributed by atoms with Gasteiger partial charge >= 0.3 is 5.97 Å². The summed E-state index contributed by atoms with van der Waals surface area (Å²) < 4.78 is 26.9. The Bertz CT molecular complexity index is 990. The van der Waals surface area contributed by atoms with Gasteiger partial charge in [-0.3, -0.25) is 4.79 Å². The molecule has 0 heterocycles. The number of rotatable bonds is 8. The van der Waals surface area contributed by atoms with E-state index in [1.807, 2.05) is 0 Å². The third kappa shape index (κ3) is 5.41. The summed E-state index contributed by atoms with van der Waals surface area (Å²) >= 11 is 0. The predicted octanol–water partition coefficient (Wildman–Crippen LogP) is 5.12. The van der Waals surface area contributed by atoms with Crippen molar-refractivity contribution in [2.45, 2.75) is 103 Å². The average Bonchev–Trinajstić information content (AvgIpc) is 3.59. The van der Waals surface area contributed by atoms with Crippen molar-refractivity contribution in [2.24, 2.45) is 23.2 Å². The van der Waals surface area contributed by atoms with Crippen LogP contribution in [0.1, 0.15) is 101 Å². The van der Waals surface area contributed by atoms with Crippen LogP contribution < -0.4 is 10.1 Å². The molecule has 7 heteroatoms. The van der Waals surface area contributed by atoms with E-state index in [0.717, 1.165) is 36.2 Å². The van der Waals surface area contributed by atoms with Crippen molar-refractivity contribution in [1.29, 1.82) is 0 Å². The monoisotopic (exact) mass is 501 g/mol. The van der Waals surface area contributed by atoms with Crippen LogP contribution in [0.2, 0.25) is 0 Å². The molecule has 5 saturated carbocycles. The summed E-state index contributed by atoms with van der Waals surface area (Å²) in [7, 11) is 0. The molecule has 2 atom stereocenters. The zero-order valence-corrected chi connectivity index (χ0v) is 21.9. The molecule has 0 saturated heterocycles. The molecule has 0 aliphatic heterocycles. The van der Waals surface area contributed by atoms with Crippen LogP contribution in [-0.4, -0.2) is 41.3 Å². The van der Waals surface area contributed by atoms with Crippen LogP contribution in [0.4, 0.5) is 4.39 Å². The second-order valence-corrected chi connectivity index (χ2v) is 13.1. The SMILES string of the molecule is C[C@@H](O)[C@H](NC(=O)c1cc(C2CC2)c(OCC23CC4CC(CC(C4)C2)C3)cc1F)C(=O)OC(C)(C)C. The zero-order valence-electron chi connectivity index (χ0n) is 21.9. The molecule has 6 rings (SSSR count). The number of carbonyl (C=O) groups is 2.